The van der Waals surface area contributed by atoms with Crippen LogP contribution in [0.1, 0.15) is 84.0 Å². The minimum atomic E-state index is 0.636. The summed E-state index contributed by atoms with van der Waals surface area (Å²) in [5.74, 6) is 0. The van der Waals surface area contributed by atoms with Crippen molar-refractivity contribution >= 4 is 0 Å². The fourth-order valence-corrected chi connectivity index (χ4v) is 4.35. The van der Waals surface area contributed by atoms with Crippen molar-refractivity contribution in [2.24, 2.45) is 5.41 Å². The molecule has 0 aromatic carbocycles. The van der Waals surface area contributed by atoms with Crippen molar-refractivity contribution in [3.63, 3.8) is 0 Å². The molecule has 2 rings (SSSR count). The van der Waals surface area contributed by atoms with Gasteiger partial charge in [-0.15, -0.1) is 0 Å². The molecule has 2 fully saturated rings. The predicted octanol–water partition coefficient (Wildman–Crippen LogP) is 4.59. The zero-order valence-corrected chi connectivity index (χ0v) is 14.5. The van der Waals surface area contributed by atoms with Gasteiger partial charge in [-0.1, -0.05) is 51.9 Å². The van der Waals surface area contributed by atoms with Crippen LogP contribution in [0.2, 0.25) is 0 Å². The summed E-state index contributed by atoms with van der Waals surface area (Å²) in [5.41, 5.74) is 0.636. The van der Waals surface area contributed by atoms with Crippen LogP contribution in [0.4, 0.5) is 0 Å². The average Bonchev–Trinajstić information content (AvgIpc) is 2.51. The van der Waals surface area contributed by atoms with Crippen LogP contribution in [-0.2, 0) is 0 Å². The van der Waals surface area contributed by atoms with Crippen molar-refractivity contribution in [2.75, 3.05) is 32.7 Å². The van der Waals surface area contributed by atoms with E-state index in [1.54, 1.807) is 0 Å². The highest BCUT2D eigenvalue weighted by atomic mass is 15.1. The van der Waals surface area contributed by atoms with Gasteiger partial charge < -0.3 is 10.2 Å². The second-order valence-corrected chi connectivity index (χ2v) is 7.63. The van der Waals surface area contributed by atoms with Crippen molar-refractivity contribution in [1.82, 2.24) is 10.2 Å². The van der Waals surface area contributed by atoms with Gasteiger partial charge in [-0.2, -0.15) is 0 Å². The smallest absolute Gasteiger partial charge is 0.00502 e. The van der Waals surface area contributed by atoms with Crippen LogP contribution in [0.25, 0.3) is 0 Å². The summed E-state index contributed by atoms with van der Waals surface area (Å²) in [5, 5.41) is 3.64. The Hall–Kier alpha value is -0.0800. The van der Waals surface area contributed by atoms with Crippen LogP contribution in [0.3, 0.4) is 0 Å². The van der Waals surface area contributed by atoms with E-state index in [2.05, 4.69) is 17.1 Å². The summed E-state index contributed by atoms with van der Waals surface area (Å²) in [7, 11) is 0. The lowest BCUT2D eigenvalue weighted by Gasteiger charge is -2.45. The van der Waals surface area contributed by atoms with Crippen LogP contribution in [-0.4, -0.2) is 37.6 Å². The zero-order valence-electron chi connectivity index (χ0n) is 14.5. The first kappa shape index (κ1) is 17.3. The van der Waals surface area contributed by atoms with Crippen molar-refractivity contribution in [2.45, 2.75) is 84.0 Å². The second-order valence-electron chi connectivity index (χ2n) is 7.63. The maximum atomic E-state index is 3.64. The second kappa shape index (κ2) is 9.84. The van der Waals surface area contributed by atoms with Gasteiger partial charge >= 0.3 is 0 Å². The summed E-state index contributed by atoms with van der Waals surface area (Å²) < 4.78 is 0. The molecule has 0 aromatic heterocycles. The lowest BCUT2D eigenvalue weighted by atomic mass is 9.74. The minimum absolute atomic E-state index is 0.636. The number of rotatable bonds is 9. The molecule has 0 saturated carbocycles. The molecule has 2 nitrogen and oxygen atoms in total. The number of nitrogens with one attached hydrogen (secondary N) is 1. The quantitative estimate of drug-likeness (QED) is 0.626. The molecule has 0 bridgehead atoms. The summed E-state index contributed by atoms with van der Waals surface area (Å²) in [6.45, 7) is 8.92. The van der Waals surface area contributed by atoms with Gasteiger partial charge in [0.15, 0.2) is 0 Å². The number of hydrogen-bond donors (Lipinski definition) is 1. The third kappa shape index (κ3) is 6.28. The van der Waals surface area contributed by atoms with Gasteiger partial charge in [-0.05, 0) is 57.2 Å². The van der Waals surface area contributed by atoms with Crippen LogP contribution in [0, 0.1) is 5.41 Å². The third-order valence-electron chi connectivity index (χ3n) is 5.63. The maximum absolute atomic E-state index is 3.64. The topological polar surface area (TPSA) is 15.3 Å². The van der Waals surface area contributed by atoms with E-state index in [9.17, 15) is 0 Å². The molecule has 1 unspecified atom stereocenters. The first-order valence-corrected chi connectivity index (χ1v) is 9.78. The Balaban J connectivity index is 1.52. The average molecular weight is 295 g/mol. The molecule has 2 saturated heterocycles. The lowest BCUT2D eigenvalue weighted by Crippen LogP contribution is -2.51. The van der Waals surface area contributed by atoms with Crippen molar-refractivity contribution < 1.29 is 0 Å². The van der Waals surface area contributed by atoms with Crippen molar-refractivity contribution in [1.29, 1.82) is 0 Å². The highest BCUT2D eigenvalue weighted by Crippen LogP contribution is 2.35. The molecule has 2 heteroatoms. The fraction of sp³-hybridized carbons (Fsp3) is 1.00. The first-order valence-electron chi connectivity index (χ1n) is 9.78. The molecule has 1 spiro atoms. The molecule has 0 amide bonds. The SMILES string of the molecule is CCCCCCCCCCN1CCCC2(CCCNC2)C1. The standard InChI is InChI=1S/C19H38N2/c1-2-3-4-5-6-7-8-9-15-21-16-11-13-19(18-21)12-10-14-20-17-19/h20H,2-18H2,1H3. The Morgan fingerprint density at radius 2 is 1.62 bits per heavy atom. The molecular formula is C19H38N2. The van der Waals surface area contributed by atoms with Gasteiger partial charge in [0, 0.05) is 13.1 Å². The Morgan fingerprint density at radius 3 is 2.33 bits per heavy atom. The molecule has 0 aromatic rings. The van der Waals surface area contributed by atoms with Crippen LogP contribution < -0.4 is 5.32 Å². The number of piperidine rings is 2. The van der Waals surface area contributed by atoms with E-state index in [0.717, 1.165) is 0 Å². The molecule has 0 aliphatic carbocycles. The molecule has 21 heavy (non-hydrogen) atoms. The van der Waals surface area contributed by atoms with Crippen LogP contribution in [0.15, 0.2) is 0 Å². The number of likely N-dealkylation sites (tertiary alicyclic amines) is 1. The molecule has 1 N–H and O–H groups in total. The lowest BCUT2D eigenvalue weighted by molar-refractivity contribution is 0.0636. The number of hydrogen-bond acceptors (Lipinski definition) is 2. The van der Waals surface area contributed by atoms with E-state index in [0.29, 0.717) is 5.41 Å². The predicted molar refractivity (Wildman–Crippen MR) is 92.8 cm³/mol. The Kier molecular flexibility index (Phi) is 8.10. The normalized spacial score (nSPS) is 27.3. The summed E-state index contributed by atoms with van der Waals surface area (Å²) in [6.07, 6.45) is 17.3. The van der Waals surface area contributed by atoms with Gasteiger partial charge in [0.2, 0.25) is 0 Å². The van der Waals surface area contributed by atoms with E-state index < -0.39 is 0 Å². The van der Waals surface area contributed by atoms with Gasteiger partial charge in [-0.3, -0.25) is 0 Å². The molecule has 1 atom stereocenters. The van der Waals surface area contributed by atoms with E-state index in [4.69, 9.17) is 0 Å². The van der Waals surface area contributed by atoms with Gasteiger partial charge in [0.1, 0.15) is 0 Å². The van der Waals surface area contributed by atoms with Gasteiger partial charge in [0.25, 0.3) is 0 Å². The van der Waals surface area contributed by atoms with Gasteiger partial charge in [-0.25, -0.2) is 0 Å². The maximum Gasteiger partial charge on any atom is 0.00502 e. The number of unbranched alkanes of at least 4 members (excludes halogenated alkanes) is 7. The molecular weight excluding hydrogens is 256 g/mol. The van der Waals surface area contributed by atoms with E-state index in [-0.39, 0.29) is 0 Å². The van der Waals surface area contributed by atoms with E-state index in [1.165, 1.54) is 110 Å². The van der Waals surface area contributed by atoms with Gasteiger partial charge in [0.05, 0.1) is 0 Å². The van der Waals surface area contributed by atoms with Crippen LogP contribution >= 0.6 is 0 Å². The Bertz CT molecular complexity index is 253. The number of nitrogens with zero attached hydrogens (tertiary/aromatic N) is 1. The van der Waals surface area contributed by atoms with E-state index >= 15 is 0 Å². The molecule has 0 radical (unpaired) electrons. The monoisotopic (exact) mass is 294 g/mol. The molecule has 2 aliphatic heterocycles. The van der Waals surface area contributed by atoms with Crippen molar-refractivity contribution in [3.8, 4) is 0 Å². The molecule has 2 heterocycles. The zero-order chi connectivity index (χ0) is 14.8. The third-order valence-corrected chi connectivity index (χ3v) is 5.63. The summed E-state index contributed by atoms with van der Waals surface area (Å²) in [6, 6.07) is 0. The summed E-state index contributed by atoms with van der Waals surface area (Å²) >= 11 is 0. The highest BCUT2D eigenvalue weighted by molar-refractivity contribution is 4.91. The fourth-order valence-electron chi connectivity index (χ4n) is 4.35. The minimum Gasteiger partial charge on any atom is -0.316 e. The first-order chi connectivity index (χ1) is 10.3. The van der Waals surface area contributed by atoms with Crippen LogP contribution in [0.5, 0.6) is 0 Å². The Labute approximate surface area is 133 Å². The highest BCUT2D eigenvalue weighted by Gasteiger charge is 2.36. The largest absolute Gasteiger partial charge is 0.316 e. The molecule has 124 valence electrons. The van der Waals surface area contributed by atoms with Crippen molar-refractivity contribution in [3.05, 3.63) is 0 Å². The Morgan fingerprint density at radius 1 is 0.905 bits per heavy atom. The molecule has 2 aliphatic rings. The van der Waals surface area contributed by atoms with E-state index in [1.807, 2.05) is 0 Å². The summed E-state index contributed by atoms with van der Waals surface area (Å²) in [4.78, 5) is 2.77.